The summed E-state index contributed by atoms with van der Waals surface area (Å²) in [6, 6.07) is 10.8. The lowest BCUT2D eigenvalue weighted by atomic mass is 10.3. The van der Waals surface area contributed by atoms with Crippen LogP contribution >= 0.6 is 22.9 Å². The number of fused-ring (bicyclic) bond motifs is 1. The van der Waals surface area contributed by atoms with Crippen LogP contribution in [0.25, 0.3) is 10.2 Å². The van der Waals surface area contributed by atoms with E-state index < -0.39 is 0 Å². The number of aromatic amines is 1. The maximum atomic E-state index is 12.0. The first-order valence-electron chi connectivity index (χ1n) is 6.52. The van der Waals surface area contributed by atoms with Crippen molar-refractivity contribution in [1.29, 1.82) is 0 Å². The third-order valence-electron chi connectivity index (χ3n) is 3.02. The van der Waals surface area contributed by atoms with Gasteiger partial charge in [-0.25, -0.2) is 0 Å². The van der Waals surface area contributed by atoms with Crippen LogP contribution in [0.15, 0.2) is 41.8 Å². The zero-order valence-corrected chi connectivity index (χ0v) is 12.9. The van der Waals surface area contributed by atoms with Crippen LogP contribution in [0.3, 0.4) is 0 Å². The van der Waals surface area contributed by atoms with Crippen molar-refractivity contribution in [3.8, 4) is 0 Å². The third kappa shape index (κ3) is 3.13. The topological polar surface area (TPSA) is 74.0 Å². The number of para-hydroxylation sites is 1. The molecule has 0 bridgehead atoms. The summed E-state index contributed by atoms with van der Waals surface area (Å²) in [5.41, 5.74) is 1.82. The van der Waals surface area contributed by atoms with Gasteiger partial charge in [-0.1, -0.05) is 29.8 Å². The summed E-state index contributed by atoms with van der Waals surface area (Å²) in [7, 11) is 0. The summed E-state index contributed by atoms with van der Waals surface area (Å²) in [5, 5.41) is 7.65. The van der Waals surface area contributed by atoms with Crippen molar-refractivity contribution in [2.24, 2.45) is 0 Å². The fourth-order valence-corrected chi connectivity index (χ4v) is 3.14. The Morgan fingerprint density at radius 2 is 2.00 bits per heavy atom. The van der Waals surface area contributed by atoms with Crippen LogP contribution in [0, 0.1) is 0 Å². The van der Waals surface area contributed by atoms with Crippen LogP contribution in [0.2, 0.25) is 5.02 Å². The number of aromatic nitrogens is 1. The number of carbonyl (C=O) groups is 2. The van der Waals surface area contributed by atoms with Crippen molar-refractivity contribution in [2.45, 2.75) is 0 Å². The molecule has 22 heavy (non-hydrogen) atoms. The van der Waals surface area contributed by atoms with Crippen molar-refractivity contribution < 1.29 is 9.59 Å². The minimum Gasteiger partial charge on any atom is -0.349 e. The molecule has 3 rings (SSSR count). The van der Waals surface area contributed by atoms with Gasteiger partial charge in [-0.05, 0) is 18.2 Å². The molecule has 0 radical (unpaired) electrons. The number of anilines is 1. The van der Waals surface area contributed by atoms with Gasteiger partial charge in [0.2, 0.25) is 5.91 Å². The summed E-state index contributed by atoms with van der Waals surface area (Å²) in [5.74, 6) is -0.631. The van der Waals surface area contributed by atoms with Gasteiger partial charge < -0.3 is 15.6 Å². The van der Waals surface area contributed by atoms with E-state index in [1.807, 2.05) is 18.2 Å². The first-order valence-corrected chi connectivity index (χ1v) is 7.78. The molecule has 3 N–H and O–H groups in total. The lowest BCUT2D eigenvalue weighted by Gasteiger charge is -2.06. The predicted octanol–water partition coefficient (Wildman–Crippen LogP) is 3.25. The highest BCUT2D eigenvalue weighted by molar-refractivity contribution is 7.17. The van der Waals surface area contributed by atoms with Gasteiger partial charge in [-0.2, -0.15) is 0 Å². The summed E-state index contributed by atoms with van der Waals surface area (Å²) >= 11 is 7.45. The van der Waals surface area contributed by atoms with Crippen LogP contribution in [0.1, 0.15) is 10.5 Å². The highest BCUT2D eigenvalue weighted by Crippen LogP contribution is 2.29. The second-order valence-corrected chi connectivity index (χ2v) is 5.92. The monoisotopic (exact) mass is 333 g/mol. The lowest BCUT2D eigenvalue weighted by molar-refractivity contribution is -0.115. The molecular weight excluding hydrogens is 322 g/mol. The number of benzene rings is 1. The maximum Gasteiger partial charge on any atom is 0.268 e. The standard InChI is InChI=1S/C15H12ClN3O2S/c16-10-8-22-12-6-11(19-14(10)12)15(21)17-7-13(20)18-9-4-2-1-3-5-9/h1-6,8,19H,7H2,(H,17,21)(H,18,20). The molecule has 0 atom stereocenters. The summed E-state index contributed by atoms with van der Waals surface area (Å²) in [6.07, 6.45) is 0. The molecule has 2 aromatic heterocycles. The largest absolute Gasteiger partial charge is 0.349 e. The van der Waals surface area contributed by atoms with E-state index in [2.05, 4.69) is 15.6 Å². The number of hydrogen-bond donors (Lipinski definition) is 3. The number of thiophene rings is 1. The Morgan fingerprint density at radius 1 is 1.23 bits per heavy atom. The van der Waals surface area contributed by atoms with Crippen LogP contribution < -0.4 is 10.6 Å². The van der Waals surface area contributed by atoms with E-state index in [4.69, 9.17) is 11.6 Å². The SMILES string of the molecule is O=C(CNC(=O)c1cc2scc(Cl)c2[nH]1)Nc1ccccc1. The zero-order valence-electron chi connectivity index (χ0n) is 11.4. The van der Waals surface area contributed by atoms with Gasteiger partial charge >= 0.3 is 0 Å². The van der Waals surface area contributed by atoms with Crippen molar-refractivity contribution in [3.05, 3.63) is 52.5 Å². The molecule has 0 saturated heterocycles. The highest BCUT2D eigenvalue weighted by Gasteiger charge is 2.13. The molecule has 0 spiro atoms. The fraction of sp³-hybridized carbons (Fsp3) is 0.0667. The van der Waals surface area contributed by atoms with Crippen LogP contribution in [-0.4, -0.2) is 23.3 Å². The molecule has 0 aliphatic rings. The van der Waals surface area contributed by atoms with Gasteiger partial charge in [0.05, 0.1) is 21.8 Å². The van der Waals surface area contributed by atoms with E-state index in [9.17, 15) is 9.59 Å². The summed E-state index contributed by atoms with van der Waals surface area (Å²) in [4.78, 5) is 26.7. The minimum absolute atomic E-state index is 0.103. The Labute approximate surface area is 135 Å². The quantitative estimate of drug-likeness (QED) is 0.685. The lowest BCUT2D eigenvalue weighted by Crippen LogP contribution is -2.33. The van der Waals surface area contributed by atoms with Gasteiger partial charge in [-0.3, -0.25) is 9.59 Å². The summed E-state index contributed by atoms with van der Waals surface area (Å²) < 4.78 is 0.906. The number of halogens is 1. The van der Waals surface area contributed by atoms with E-state index in [0.717, 1.165) is 10.2 Å². The van der Waals surface area contributed by atoms with Gasteiger partial charge in [0.25, 0.3) is 5.91 Å². The van der Waals surface area contributed by atoms with Crippen molar-refractivity contribution in [2.75, 3.05) is 11.9 Å². The zero-order chi connectivity index (χ0) is 15.5. The first kappa shape index (κ1) is 14.6. The molecule has 1 aromatic carbocycles. The Bertz CT molecular complexity index is 826. The number of carbonyl (C=O) groups excluding carboxylic acids is 2. The van der Waals surface area contributed by atoms with Crippen LogP contribution in [0.5, 0.6) is 0 Å². The normalized spacial score (nSPS) is 10.6. The molecule has 3 aromatic rings. The van der Waals surface area contributed by atoms with Crippen molar-refractivity contribution in [1.82, 2.24) is 10.3 Å². The average molecular weight is 334 g/mol. The molecule has 112 valence electrons. The second kappa shape index (κ2) is 6.21. The highest BCUT2D eigenvalue weighted by atomic mass is 35.5. The fourth-order valence-electron chi connectivity index (χ4n) is 1.98. The van der Waals surface area contributed by atoms with Crippen LogP contribution in [-0.2, 0) is 4.79 Å². The van der Waals surface area contributed by atoms with Crippen LogP contribution in [0.4, 0.5) is 5.69 Å². The van der Waals surface area contributed by atoms with Gasteiger partial charge in [0.1, 0.15) is 5.69 Å². The Hall–Kier alpha value is -2.31. The third-order valence-corrected chi connectivity index (χ3v) is 4.38. The molecule has 0 aliphatic heterocycles. The predicted molar refractivity (Wildman–Crippen MR) is 88.6 cm³/mol. The molecule has 0 fully saturated rings. The average Bonchev–Trinajstić information content (AvgIpc) is 3.08. The van der Waals surface area contributed by atoms with Gasteiger partial charge in [0.15, 0.2) is 0 Å². The van der Waals surface area contributed by atoms with Crippen molar-refractivity contribution in [3.63, 3.8) is 0 Å². The molecule has 5 nitrogen and oxygen atoms in total. The van der Waals surface area contributed by atoms with E-state index in [0.29, 0.717) is 16.4 Å². The summed E-state index contributed by atoms with van der Waals surface area (Å²) in [6.45, 7) is -0.103. The minimum atomic E-state index is -0.345. The maximum absolute atomic E-state index is 12.0. The molecule has 0 unspecified atom stereocenters. The van der Waals surface area contributed by atoms with Crippen molar-refractivity contribution >= 4 is 50.7 Å². The Balaban J connectivity index is 1.58. The molecule has 0 aliphatic carbocycles. The van der Waals surface area contributed by atoms with Gasteiger partial charge in [0, 0.05) is 11.1 Å². The molecule has 2 amide bonds. The molecule has 7 heteroatoms. The Morgan fingerprint density at radius 3 is 2.73 bits per heavy atom. The van der Waals surface area contributed by atoms with E-state index in [1.54, 1.807) is 23.6 Å². The van der Waals surface area contributed by atoms with E-state index >= 15 is 0 Å². The van der Waals surface area contributed by atoms with Gasteiger partial charge in [-0.15, -0.1) is 11.3 Å². The number of nitrogens with one attached hydrogen (secondary N) is 3. The molecule has 2 heterocycles. The molecular formula is C15H12ClN3O2S. The number of amides is 2. The number of rotatable bonds is 4. The Kier molecular flexibility index (Phi) is 4.13. The van der Waals surface area contributed by atoms with E-state index in [1.165, 1.54) is 11.3 Å². The molecule has 0 saturated carbocycles. The van der Waals surface area contributed by atoms with E-state index in [-0.39, 0.29) is 18.4 Å². The number of H-pyrrole nitrogens is 1. The smallest absolute Gasteiger partial charge is 0.268 e. The number of hydrogen-bond acceptors (Lipinski definition) is 3. The second-order valence-electron chi connectivity index (χ2n) is 4.60. The first-order chi connectivity index (χ1) is 10.6.